The lowest BCUT2D eigenvalue weighted by atomic mass is 9.97. The third kappa shape index (κ3) is 6.28. The van der Waals surface area contributed by atoms with Gasteiger partial charge in [0.15, 0.2) is 0 Å². The van der Waals surface area contributed by atoms with E-state index in [-0.39, 0.29) is 25.8 Å². The highest BCUT2D eigenvalue weighted by molar-refractivity contribution is 7.47. The fraction of sp³-hybridized carbons (Fsp3) is 0.407. The fourth-order valence-corrected chi connectivity index (χ4v) is 5.72. The van der Waals surface area contributed by atoms with Crippen molar-refractivity contribution in [3.63, 3.8) is 0 Å². The predicted octanol–water partition coefficient (Wildman–Crippen LogP) is 3.85. The first-order valence-corrected chi connectivity index (χ1v) is 14.4. The van der Waals surface area contributed by atoms with E-state index in [1.807, 2.05) is 0 Å². The second-order valence-electron chi connectivity index (χ2n) is 10.2. The van der Waals surface area contributed by atoms with Crippen LogP contribution in [0.2, 0.25) is 0 Å². The normalized spacial score (nSPS) is 20.8. The van der Waals surface area contributed by atoms with Crippen molar-refractivity contribution >= 4 is 31.3 Å². The van der Waals surface area contributed by atoms with Crippen molar-refractivity contribution in [2.45, 2.75) is 63.1 Å². The maximum atomic E-state index is 14.6. The van der Waals surface area contributed by atoms with E-state index in [9.17, 15) is 41.8 Å². The number of Topliss-reactive ketones (excluding diaryl/α,β-unsaturated/α-hetero) is 1. The van der Waals surface area contributed by atoms with E-state index >= 15 is 0 Å². The lowest BCUT2D eigenvalue weighted by molar-refractivity contribution is -0.156. The van der Waals surface area contributed by atoms with Gasteiger partial charge >= 0.3 is 13.7 Å². The summed E-state index contributed by atoms with van der Waals surface area (Å²) in [6.07, 6.45) is 0.214. The van der Waals surface area contributed by atoms with Crippen molar-refractivity contribution in [3.8, 4) is 0 Å². The second-order valence-corrected chi connectivity index (χ2v) is 11.6. The molecule has 2 aromatic rings. The molecule has 2 fully saturated rings. The number of hydrogen-bond donors (Lipinski definition) is 1. The Morgan fingerprint density at radius 1 is 1.07 bits per heavy atom. The first-order valence-electron chi connectivity index (χ1n) is 13.0. The summed E-state index contributed by atoms with van der Waals surface area (Å²) in [5.74, 6) is -7.68. The zero-order valence-corrected chi connectivity index (χ0v) is 22.5. The molecule has 3 amide bonds. The molecule has 1 aliphatic carbocycles. The van der Waals surface area contributed by atoms with E-state index in [0.29, 0.717) is 34.4 Å². The highest BCUT2D eigenvalue weighted by Gasteiger charge is 2.44. The Hall–Kier alpha value is -3.38. The lowest BCUT2D eigenvalue weighted by Crippen LogP contribution is -2.55. The molecule has 0 bridgehead atoms. The first kappa shape index (κ1) is 29.1. The highest BCUT2D eigenvalue weighted by Crippen LogP contribution is 2.49. The van der Waals surface area contributed by atoms with E-state index in [4.69, 9.17) is 9.05 Å². The van der Waals surface area contributed by atoms with Crippen LogP contribution in [0, 0.1) is 5.82 Å². The molecule has 1 saturated carbocycles. The predicted molar refractivity (Wildman–Crippen MR) is 135 cm³/mol. The Morgan fingerprint density at radius 3 is 2.46 bits per heavy atom. The number of alkyl halides is 2. The van der Waals surface area contributed by atoms with Crippen LogP contribution in [0.1, 0.15) is 59.2 Å². The van der Waals surface area contributed by atoms with Crippen LogP contribution in [0.4, 0.5) is 13.2 Å². The number of fused-ring (bicyclic) bond motifs is 1. The highest BCUT2D eigenvalue weighted by atomic mass is 31.2. The number of carbonyl (C=O) groups excluding carboxylic acids is 4. The van der Waals surface area contributed by atoms with Gasteiger partial charge in [0, 0.05) is 30.5 Å². The summed E-state index contributed by atoms with van der Waals surface area (Å²) in [6, 6.07) is 7.04. The molecule has 2 atom stereocenters. The van der Waals surface area contributed by atoms with Gasteiger partial charge in [-0.1, -0.05) is 12.1 Å². The Kier molecular flexibility index (Phi) is 7.90. The third-order valence-corrected chi connectivity index (χ3v) is 8.22. The van der Waals surface area contributed by atoms with Crippen LogP contribution in [-0.2, 0) is 46.9 Å². The summed E-state index contributed by atoms with van der Waals surface area (Å²) in [5, 5.41) is 0. The van der Waals surface area contributed by atoms with Crippen LogP contribution in [-0.4, -0.2) is 57.1 Å². The van der Waals surface area contributed by atoms with Crippen LogP contribution in [0.25, 0.3) is 0 Å². The minimum absolute atomic E-state index is 0.00424. The van der Waals surface area contributed by atoms with Gasteiger partial charge in [-0.05, 0) is 67.1 Å². The lowest BCUT2D eigenvalue weighted by Gasteiger charge is -2.35. The summed E-state index contributed by atoms with van der Waals surface area (Å²) in [6.45, 7) is -0.797. The number of hydrogen-bond acceptors (Lipinski definition) is 7. The number of imide groups is 1. The molecule has 0 aromatic heterocycles. The maximum Gasteiger partial charge on any atom is 0.474 e. The quantitative estimate of drug-likeness (QED) is 0.307. The van der Waals surface area contributed by atoms with E-state index in [2.05, 4.69) is 0 Å². The molecule has 2 heterocycles. The number of aryl methyl sites for hydroxylation is 1. The summed E-state index contributed by atoms with van der Waals surface area (Å²) in [7, 11) is -4.47. The average molecular weight is 594 g/mol. The van der Waals surface area contributed by atoms with Gasteiger partial charge in [-0.3, -0.25) is 33.1 Å². The van der Waals surface area contributed by atoms with E-state index in [1.165, 1.54) is 17.0 Å². The Bertz CT molecular complexity index is 1450. The number of benzene rings is 2. The monoisotopic (exact) mass is 594 g/mol. The van der Waals surface area contributed by atoms with Gasteiger partial charge in [0.25, 0.3) is 11.8 Å². The van der Waals surface area contributed by atoms with Crippen LogP contribution >= 0.6 is 7.82 Å². The SMILES string of the molecule is O=C1CCC(N2Cc3cc(CCC(=O)C(F)(F)c4ccc(F)cc4)ccc3C2=O)C(=O)N1COP(=O)(O)OC1CC1. The van der Waals surface area contributed by atoms with Crippen molar-refractivity contribution in [3.05, 3.63) is 70.5 Å². The molecule has 0 radical (unpaired) electrons. The number of nitrogens with zero attached hydrogens (tertiary/aromatic N) is 2. The standard InChI is InChI=1S/C27H26F3N2O8P/c28-19-5-3-18(4-6-19)27(29,30)23(33)11-2-16-1-9-21-17(13-16)14-31(25(21)35)22-10-12-24(34)32(26(22)36)15-39-41(37,38)40-20-7-8-20/h1,3-6,9,13,20,22H,2,7-8,10-12,14-15H2,(H,37,38). The Morgan fingerprint density at radius 2 is 1.78 bits per heavy atom. The number of likely N-dealkylation sites (tertiary alicyclic amines) is 1. The number of carbonyl (C=O) groups is 4. The first-order chi connectivity index (χ1) is 19.4. The van der Waals surface area contributed by atoms with Gasteiger partial charge in [-0.15, -0.1) is 0 Å². The zero-order valence-electron chi connectivity index (χ0n) is 21.6. The van der Waals surface area contributed by atoms with Crippen molar-refractivity contribution in [2.75, 3.05) is 6.73 Å². The summed E-state index contributed by atoms with van der Waals surface area (Å²) < 4.78 is 64.0. The summed E-state index contributed by atoms with van der Waals surface area (Å²) in [5.41, 5.74) is 0.736. The molecule has 10 nitrogen and oxygen atoms in total. The molecular weight excluding hydrogens is 568 g/mol. The van der Waals surface area contributed by atoms with Gasteiger partial charge in [0.2, 0.25) is 11.7 Å². The molecular formula is C27H26F3N2O8P. The van der Waals surface area contributed by atoms with Gasteiger partial charge in [-0.2, -0.15) is 8.78 Å². The fourth-order valence-electron chi connectivity index (χ4n) is 4.81. The van der Waals surface area contributed by atoms with Crippen molar-refractivity contribution < 1.29 is 50.9 Å². The third-order valence-electron chi connectivity index (χ3n) is 7.22. The molecule has 3 aliphatic rings. The number of rotatable bonds is 11. The Balaban J connectivity index is 1.22. The molecule has 2 aliphatic heterocycles. The van der Waals surface area contributed by atoms with Crippen LogP contribution < -0.4 is 0 Å². The molecule has 41 heavy (non-hydrogen) atoms. The van der Waals surface area contributed by atoms with Crippen LogP contribution in [0.3, 0.4) is 0 Å². The second kappa shape index (κ2) is 11.1. The smallest absolute Gasteiger partial charge is 0.322 e. The summed E-state index contributed by atoms with van der Waals surface area (Å²) in [4.78, 5) is 62.7. The number of ketones is 1. The van der Waals surface area contributed by atoms with Crippen molar-refractivity contribution in [1.82, 2.24) is 9.80 Å². The maximum absolute atomic E-state index is 14.6. The van der Waals surface area contributed by atoms with Gasteiger partial charge in [0.1, 0.15) is 18.6 Å². The number of piperidine rings is 1. The minimum atomic E-state index is -4.47. The molecule has 1 N–H and O–H groups in total. The molecule has 14 heteroatoms. The van der Waals surface area contributed by atoms with E-state index in [1.54, 1.807) is 6.07 Å². The van der Waals surface area contributed by atoms with Crippen LogP contribution in [0.5, 0.6) is 0 Å². The zero-order chi connectivity index (χ0) is 29.5. The van der Waals surface area contributed by atoms with E-state index < -0.39 is 73.9 Å². The average Bonchev–Trinajstić information content (AvgIpc) is 3.67. The van der Waals surface area contributed by atoms with Gasteiger partial charge in [-0.25, -0.2) is 8.96 Å². The number of phosphoric ester groups is 1. The molecule has 2 aromatic carbocycles. The van der Waals surface area contributed by atoms with Crippen LogP contribution in [0.15, 0.2) is 42.5 Å². The summed E-state index contributed by atoms with van der Waals surface area (Å²) >= 11 is 0. The van der Waals surface area contributed by atoms with Gasteiger partial charge < -0.3 is 9.79 Å². The Labute approximate surface area is 232 Å². The molecule has 0 spiro atoms. The minimum Gasteiger partial charge on any atom is -0.322 e. The van der Waals surface area contributed by atoms with Gasteiger partial charge in [0.05, 0.1) is 6.10 Å². The van der Waals surface area contributed by atoms with Crippen molar-refractivity contribution in [2.24, 2.45) is 0 Å². The molecule has 1 saturated heterocycles. The topological polar surface area (TPSA) is 131 Å². The number of phosphoric acid groups is 1. The largest absolute Gasteiger partial charge is 0.474 e. The molecule has 2 unspecified atom stereocenters. The number of halogens is 3. The number of amides is 3. The molecule has 5 rings (SSSR count). The van der Waals surface area contributed by atoms with Crippen molar-refractivity contribution in [1.29, 1.82) is 0 Å². The van der Waals surface area contributed by atoms with E-state index in [0.717, 1.165) is 24.3 Å². The molecule has 218 valence electrons.